The van der Waals surface area contributed by atoms with Crippen LogP contribution in [0.2, 0.25) is 0 Å². The molecule has 1 N–H and O–H groups in total. The lowest BCUT2D eigenvalue weighted by atomic mass is 9.93. The SMILES string of the molecule is Cc1c([C@@H]2[C@@H](c3ccccn3)NC(=S)N2c2ccc(F)cc2)c(C)n(-c2ccccc2)c1C. The second-order valence-electron chi connectivity index (χ2n) is 8.35. The Hall–Kier alpha value is -3.51. The molecule has 5 rings (SSSR count). The van der Waals surface area contributed by atoms with E-state index in [0.717, 1.165) is 22.8 Å². The van der Waals surface area contributed by atoms with E-state index < -0.39 is 0 Å². The Kier molecular flexibility index (Phi) is 5.46. The first-order valence-corrected chi connectivity index (χ1v) is 11.4. The summed E-state index contributed by atoms with van der Waals surface area (Å²) in [7, 11) is 0. The zero-order valence-electron chi connectivity index (χ0n) is 18.8. The smallest absolute Gasteiger partial charge is 0.174 e. The fraction of sp³-hybridized carbons (Fsp3) is 0.185. The van der Waals surface area contributed by atoms with Gasteiger partial charge in [0.05, 0.1) is 17.8 Å². The molecule has 0 radical (unpaired) electrons. The van der Waals surface area contributed by atoms with Gasteiger partial charge in [0.15, 0.2) is 5.11 Å². The molecule has 3 heterocycles. The number of hydrogen-bond acceptors (Lipinski definition) is 2. The number of para-hydroxylation sites is 1. The Labute approximate surface area is 198 Å². The second kappa shape index (κ2) is 8.45. The van der Waals surface area contributed by atoms with Crippen molar-refractivity contribution < 1.29 is 4.39 Å². The highest BCUT2D eigenvalue weighted by molar-refractivity contribution is 7.80. The van der Waals surface area contributed by atoms with Crippen molar-refractivity contribution in [2.24, 2.45) is 0 Å². The number of thiocarbonyl (C=S) groups is 1. The largest absolute Gasteiger partial charge is 0.351 e. The molecule has 6 heteroatoms. The Morgan fingerprint density at radius 1 is 0.848 bits per heavy atom. The van der Waals surface area contributed by atoms with Gasteiger partial charge in [0.1, 0.15) is 5.82 Å². The third-order valence-electron chi connectivity index (χ3n) is 6.52. The molecule has 0 saturated carbocycles. The van der Waals surface area contributed by atoms with Crippen LogP contribution in [0.15, 0.2) is 79.0 Å². The topological polar surface area (TPSA) is 33.1 Å². The van der Waals surface area contributed by atoms with Crippen LogP contribution in [-0.4, -0.2) is 14.7 Å². The van der Waals surface area contributed by atoms with Crippen molar-refractivity contribution >= 4 is 23.0 Å². The van der Waals surface area contributed by atoms with Crippen LogP contribution in [0, 0.1) is 26.6 Å². The standard InChI is InChI=1S/C27H25FN4S/c1-17-18(2)31(21-9-5-4-6-10-21)19(3)24(17)26-25(23-11-7-8-16-29-23)30-27(33)32(26)22-14-12-20(28)13-15-22/h4-16,25-26H,1-3H3,(H,30,33)/t25-,26-/m1/s1. The minimum absolute atomic E-state index is 0.137. The molecule has 2 atom stereocenters. The van der Waals surface area contributed by atoms with E-state index in [4.69, 9.17) is 12.2 Å². The van der Waals surface area contributed by atoms with Gasteiger partial charge in [-0.2, -0.15) is 0 Å². The van der Waals surface area contributed by atoms with Crippen molar-refractivity contribution in [2.75, 3.05) is 4.90 Å². The van der Waals surface area contributed by atoms with Crippen LogP contribution in [-0.2, 0) is 0 Å². The summed E-state index contributed by atoms with van der Waals surface area (Å²) in [5, 5.41) is 4.10. The number of aromatic nitrogens is 2. The van der Waals surface area contributed by atoms with Crippen LogP contribution in [0.25, 0.3) is 5.69 Å². The summed E-state index contributed by atoms with van der Waals surface area (Å²) in [5.74, 6) is -0.270. The molecule has 2 aromatic heterocycles. The van der Waals surface area contributed by atoms with Crippen LogP contribution in [0.5, 0.6) is 0 Å². The maximum absolute atomic E-state index is 13.7. The van der Waals surface area contributed by atoms with Crippen LogP contribution in [0.3, 0.4) is 0 Å². The van der Waals surface area contributed by atoms with Gasteiger partial charge in [0, 0.05) is 34.5 Å². The van der Waals surface area contributed by atoms with Crippen LogP contribution in [0.4, 0.5) is 10.1 Å². The Bertz CT molecular complexity index is 1300. The molecule has 0 unspecified atom stereocenters. The summed E-state index contributed by atoms with van der Waals surface area (Å²) in [4.78, 5) is 6.74. The van der Waals surface area contributed by atoms with Gasteiger partial charge in [-0.3, -0.25) is 4.98 Å². The molecule has 4 aromatic rings. The molecule has 0 aliphatic carbocycles. The molecule has 33 heavy (non-hydrogen) atoms. The molecule has 166 valence electrons. The summed E-state index contributed by atoms with van der Waals surface area (Å²) < 4.78 is 16.0. The lowest BCUT2D eigenvalue weighted by molar-refractivity contribution is 0.563. The van der Waals surface area contributed by atoms with Crippen molar-refractivity contribution in [3.05, 3.63) is 113 Å². The summed E-state index contributed by atoms with van der Waals surface area (Å²) in [6, 6.07) is 22.5. The lowest BCUT2D eigenvalue weighted by Crippen LogP contribution is -2.29. The van der Waals surface area contributed by atoms with Gasteiger partial charge in [-0.25, -0.2) is 4.39 Å². The minimum atomic E-state index is -0.270. The van der Waals surface area contributed by atoms with Crippen LogP contribution >= 0.6 is 12.2 Å². The van der Waals surface area contributed by atoms with E-state index in [2.05, 4.69) is 64.8 Å². The maximum Gasteiger partial charge on any atom is 0.174 e. The van der Waals surface area contributed by atoms with Gasteiger partial charge in [-0.1, -0.05) is 24.3 Å². The number of anilines is 1. The zero-order chi connectivity index (χ0) is 23.1. The molecule has 0 spiro atoms. The molecule has 1 saturated heterocycles. The van der Waals surface area contributed by atoms with E-state index in [-0.39, 0.29) is 17.9 Å². The molecular weight excluding hydrogens is 431 g/mol. The second-order valence-corrected chi connectivity index (χ2v) is 8.74. The maximum atomic E-state index is 13.7. The highest BCUT2D eigenvalue weighted by Gasteiger charge is 2.43. The summed E-state index contributed by atoms with van der Waals surface area (Å²) in [5.41, 5.74) is 7.63. The first-order chi connectivity index (χ1) is 16.0. The Morgan fingerprint density at radius 3 is 2.21 bits per heavy atom. The number of rotatable bonds is 4. The van der Waals surface area contributed by atoms with Crippen molar-refractivity contribution in [1.82, 2.24) is 14.9 Å². The molecular formula is C27H25FN4S. The van der Waals surface area contributed by atoms with E-state index in [1.54, 1.807) is 18.3 Å². The highest BCUT2D eigenvalue weighted by atomic mass is 32.1. The van der Waals surface area contributed by atoms with Crippen molar-refractivity contribution in [3.8, 4) is 5.69 Å². The molecule has 1 aliphatic heterocycles. The van der Waals surface area contributed by atoms with Crippen molar-refractivity contribution in [2.45, 2.75) is 32.9 Å². The average Bonchev–Trinajstić information content (AvgIpc) is 3.28. The third-order valence-corrected chi connectivity index (χ3v) is 6.83. The van der Waals surface area contributed by atoms with E-state index >= 15 is 0 Å². The van der Waals surface area contributed by atoms with Gasteiger partial charge < -0.3 is 14.8 Å². The lowest BCUT2D eigenvalue weighted by Gasteiger charge is -2.29. The molecule has 1 aliphatic rings. The van der Waals surface area contributed by atoms with Gasteiger partial charge in [-0.15, -0.1) is 0 Å². The first kappa shape index (κ1) is 21.3. The molecule has 2 aromatic carbocycles. The van der Waals surface area contributed by atoms with Gasteiger partial charge in [0.25, 0.3) is 0 Å². The van der Waals surface area contributed by atoms with Gasteiger partial charge >= 0.3 is 0 Å². The number of pyridine rings is 1. The fourth-order valence-electron chi connectivity index (χ4n) is 4.93. The summed E-state index contributed by atoms with van der Waals surface area (Å²) in [6.07, 6.45) is 1.80. The number of benzene rings is 2. The molecule has 0 bridgehead atoms. The predicted octanol–water partition coefficient (Wildman–Crippen LogP) is 6.11. The number of halogens is 1. The third kappa shape index (κ3) is 3.60. The Balaban J connectivity index is 1.72. The fourth-order valence-corrected chi connectivity index (χ4v) is 5.28. The molecule has 4 nitrogen and oxygen atoms in total. The van der Waals surface area contributed by atoms with E-state index in [1.165, 1.54) is 29.0 Å². The van der Waals surface area contributed by atoms with E-state index in [1.807, 2.05) is 24.3 Å². The van der Waals surface area contributed by atoms with Crippen LogP contribution in [0.1, 0.15) is 40.3 Å². The quantitative estimate of drug-likeness (QED) is 0.376. The van der Waals surface area contributed by atoms with Crippen LogP contribution < -0.4 is 10.2 Å². The number of hydrogen-bond donors (Lipinski definition) is 1. The van der Waals surface area contributed by atoms with Gasteiger partial charge in [-0.05, 0) is 87.1 Å². The van der Waals surface area contributed by atoms with Crippen molar-refractivity contribution in [3.63, 3.8) is 0 Å². The molecule has 1 fully saturated rings. The highest BCUT2D eigenvalue weighted by Crippen LogP contribution is 2.45. The van der Waals surface area contributed by atoms with E-state index in [0.29, 0.717) is 5.11 Å². The number of nitrogens with zero attached hydrogens (tertiary/aromatic N) is 3. The zero-order valence-corrected chi connectivity index (χ0v) is 19.6. The predicted molar refractivity (Wildman–Crippen MR) is 134 cm³/mol. The summed E-state index contributed by atoms with van der Waals surface area (Å²) in [6.45, 7) is 6.47. The van der Waals surface area contributed by atoms with E-state index in [9.17, 15) is 4.39 Å². The average molecular weight is 457 g/mol. The molecule has 0 amide bonds. The minimum Gasteiger partial charge on any atom is -0.351 e. The number of nitrogens with one attached hydrogen (secondary N) is 1. The van der Waals surface area contributed by atoms with Gasteiger partial charge in [0.2, 0.25) is 0 Å². The normalized spacial score (nSPS) is 17.9. The monoisotopic (exact) mass is 456 g/mol. The van der Waals surface area contributed by atoms with Crippen molar-refractivity contribution in [1.29, 1.82) is 0 Å². The first-order valence-electron chi connectivity index (χ1n) is 11.0. The summed E-state index contributed by atoms with van der Waals surface area (Å²) >= 11 is 5.82. The Morgan fingerprint density at radius 2 is 1.55 bits per heavy atom.